The van der Waals surface area contributed by atoms with Gasteiger partial charge in [0.05, 0.1) is 6.54 Å². The van der Waals surface area contributed by atoms with Gasteiger partial charge in [0.15, 0.2) is 0 Å². The number of hydrogen-bond donors (Lipinski definition) is 0. The summed E-state index contributed by atoms with van der Waals surface area (Å²) in [6, 6.07) is 0. The zero-order chi connectivity index (χ0) is 20.9. The first-order chi connectivity index (χ1) is 13.1. The molecule has 2 aromatic heterocycles. The number of fused-ring (bicyclic) bond motifs is 2. The Morgan fingerprint density at radius 1 is 0.893 bits per heavy atom. The number of benzene rings is 1. The largest absolute Gasteiger partial charge is 0.460 e. The van der Waals surface area contributed by atoms with E-state index in [9.17, 15) is 33.6 Å². The van der Waals surface area contributed by atoms with Crippen molar-refractivity contribution < 1.29 is 9.53 Å². The third-order valence-corrected chi connectivity index (χ3v) is 4.27. The Hall–Kier alpha value is -3.95. The Bertz CT molecular complexity index is 1420. The SMILES string of the molecule is C=Cn1c(=O)c2c(=O)c3c(=O)n(CCOC(=O)C(=C)C)c(=O)c3c(=O)c2c1=O. The van der Waals surface area contributed by atoms with E-state index in [2.05, 4.69) is 13.2 Å². The minimum Gasteiger partial charge on any atom is -0.460 e. The number of carbonyl (C=O) groups excluding carboxylic acids is 1. The van der Waals surface area contributed by atoms with Gasteiger partial charge in [0.1, 0.15) is 28.2 Å². The molecule has 0 spiro atoms. The molecular formula is C18H12N2O8. The highest BCUT2D eigenvalue weighted by atomic mass is 16.5. The van der Waals surface area contributed by atoms with Gasteiger partial charge in [-0.25, -0.2) is 9.36 Å². The normalized spacial score (nSPS) is 11.2. The van der Waals surface area contributed by atoms with Gasteiger partial charge in [0.25, 0.3) is 22.2 Å². The van der Waals surface area contributed by atoms with Crippen molar-refractivity contribution in [3.8, 4) is 0 Å². The van der Waals surface area contributed by atoms with Crippen molar-refractivity contribution in [3.63, 3.8) is 0 Å². The van der Waals surface area contributed by atoms with Crippen molar-refractivity contribution >= 4 is 33.7 Å². The number of aromatic nitrogens is 2. The topological polar surface area (TPSA) is 139 Å². The summed E-state index contributed by atoms with van der Waals surface area (Å²) >= 11 is 0. The van der Waals surface area contributed by atoms with Crippen molar-refractivity contribution in [1.82, 2.24) is 9.13 Å². The maximum Gasteiger partial charge on any atom is 0.333 e. The van der Waals surface area contributed by atoms with Gasteiger partial charge < -0.3 is 4.74 Å². The molecule has 0 aliphatic carbocycles. The van der Waals surface area contributed by atoms with Gasteiger partial charge in [-0.2, -0.15) is 0 Å². The lowest BCUT2D eigenvalue weighted by Gasteiger charge is -2.03. The first-order valence-electron chi connectivity index (χ1n) is 7.90. The molecule has 2 heterocycles. The Balaban J connectivity index is 2.32. The number of hydrogen-bond acceptors (Lipinski definition) is 8. The van der Waals surface area contributed by atoms with E-state index in [-0.39, 0.29) is 12.2 Å². The van der Waals surface area contributed by atoms with E-state index < -0.39 is 67.2 Å². The summed E-state index contributed by atoms with van der Waals surface area (Å²) in [6.45, 7) is 7.23. The number of esters is 1. The minimum atomic E-state index is -1.17. The summed E-state index contributed by atoms with van der Waals surface area (Å²) in [5.41, 5.74) is -6.63. The van der Waals surface area contributed by atoms with E-state index in [4.69, 9.17) is 4.74 Å². The number of ether oxygens (including phenoxy) is 1. The van der Waals surface area contributed by atoms with E-state index in [1.165, 1.54) is 6.92 Å². The van der Waals surface area contributed by atoms with Crippen LogP contribution in [0.25, 0.3) is 27.7 Å². The van der Waals surface area contributed by atoms with Crippen molar-refractivity contribution in [3.05, 3.63) is 80.6 Å². The molecule has 0 radical (unpaired) electrons. The van der Waals surface area contributed by atoms with Crippen LogP contribution in [0.3, 0.4) is 0 Å². The van der Waals surface area contributed by atoms with Crippen molar-refractivity contribution in [2.75, 3.05) is 6.61 Å². The summed E-state index contributed by atoms with van der Waals surface area (Å²) in [5, 5.41) is -3.06. The standard InChI is InChI=1S/C18H12N2O8/c1-4-19-14(23)8-9(15(19)24)13(22)11-10(12(8)21)16(25)20(17(11)26)5-6-28-18(27)7(2)3/h4H,1-2,5-6H2,3H3. The maximum absolute atomic E-state index is 12.6. The fraction of sp³-hybridized carbons (Fsp3) is 0.167. The second kappa shape index (κ2) is 6.34. The second-order valence-electron chi connectivity index (χ2n) is 6.00. The molecule has 10 nitrogen and oxygen atoms in total. The van der Waals surface area contributed by atoms with Gasteiger partial charge in [-0.15, -0.1) is 0 Å². The molecule has 142 valence electrons. The van der Waals surface area contributed by atoms with E-state index in [1.807, 2.05) is 0 Å². The van der Waals surface area contributed by atoms with E-state index >= 15 is 0 Å². The first-order valence-corrected chi connectivity index (χ1v) is 7.90. The molecule has 0 fully saturated rings. The lowest BCUT2D eigenvalue weighted by atomic mass is 10.1. The Morgan fingerprint density at radius 2 is 1.32 bits per heavy atom. The molecule has 0 N–H and O–H groups in total. The van der Waals surface area contributed by atoms with Crippen molar-refractivity contribution in [2.24, 2.45) is 0 Å². The molecule has 0 amide bonds. The van der Waals surface area contributed by atoms with Crippen LogP contribution in [0.2, 0.25) is 0 Å². The molecular weight excluding hydrogens is 372 g/mol. The van der Waals surface area contributed by atoms with Gasteiger partial charge >= 0.3 is 5.97 Å². The number of nitrogens with zero attached hydrogens (tertiary/aromatic N) is 2. The third kappa shape index (κ3) is 2.38. The molecule has 0 atom stereocenters. The first kappa shape index (κ1) is 18.8. The second-order valence-corrected chi connectivity index (χ2v) is 6.00. The van der Waals surface area contributed by atoms with Crippen LogP contribution in [0.1, 0.15) is 6.92 Å². The number of carbonyl (C=O) groups is 1. The highest BCUT2D eigenvalue weighted by Crippen LogP contribution is 2.03. The zero-order valence-corrected chi connectivity index (χ0v) is 14.6. The highest BCUT2D eigenvalue weighted by molar-refractivity contribution is 5.97. The van der Waals surface area contributed by atoms with Crippen LogP contribution in [0.15, 0.2) is 47.5 Å². The maximum atomic E-state index is 12.6. The summed E-state index contributed by atoms with van der Waals surface area (Å²) in [5.74, 6) is -0.745. The molecule has 0 unspecified atom stereocenters. The minimum absolute atomic E-state index is 0.103. The molecule has 10 heteroatoms. The fourth-order valence-corrected chi connectivity index (χ4v) is 2.94. The Morgan fingerprint density at radius 3 is 1.71 bits per heavy atom. The predicted octanol–water partition coefficient (Wildman–Crippen LogP) is -1.71. The van der Waals surface area contributed by atoms with Gasteiger partial charge in [0.2, 0.25) is 10.9 Å². The molecule has 0 bridgehead atoms. The number of rotatable bonds is 5. The van der Waals surface area contributed by atoms with Crippen LogP contribution < -0.4 is 33.1 Å². The quantitative estimate of drug-likeness (QED) is 0.374. The summed E-state index contributed by atoms with van der Waals surface area (Å²) < 4.78 is 5.81. The van der Waals surface area contributed by atoms with Gasteiger partial charge in [-0.3, -0.25) is 33.3 Å². The van der Waals surface area contributed by atoms with Gasteiger partial charge in [-0.05, 0) is 6.92 Å². The smallest absolute Gasteiger partial charge is 0.333 e. The Kier molecular flexibility index (Phi) is 4.26. The monoisotopic (exact) mass is 384 g/mol. The molecule has 3 rings (SSSR count). The van der Waals surface area contributed by atoms with Crippen LogP contribution in [0.5, 0.6) is 0 Å². The molecule has 0 saturated heterocycles. The van der Waals surface area contributed by atoms with Gasteiger partial charge in [0, 0.05) is 11.8 Å². The molecule has 0 aliphatic rings. The van der Waals surface area contributed by atoms with Crippen LogP contribution in [-0.4, -0.2) is 21.7 Å². The van der Waals surface area contributed by atoms with Crippen LogP contribution in [0.4, 0.5) is 0 Å². The van der Waals surface area contributed by atoms with Crippen LogP contribution in [-0.2, 0) is 16.1 Å². The molecule has 28 heavy (non-hydrogen) atoms. The fourth-order valence-electron chi connectivity index (χ4n) is 2.94. The zero-order valence-electron chi connectivity index (χ0n) is 14.6. The predicted molar refractivity (Wildman–Crippen MR) is 101 cm³/mol. The molecule has 0 aliphatic heterocycles. The highest BCUT2D eigenvalue weighted by Gasteiger charge is 2.27. The van der Waals surface area contributed by atoms with Crippen molar-refractivity contribution in [2.45, 2.75) is 13.5 Å². The summed E-state index contributed by atoms with van der Waals surface area (Å²) in [6.07, 6.45) is 0.834. The summed E-state index contributed by atoms with van der Waals surface area (Å²) in [7, 11) is 0. The van der Waals surface area contributed by atoms with Crippen molar-refractivity contribution in [1.29, 1.82) is 0 Å². The molecule has 1 aromatic carbocycles. The Labute approximate surface area is 153 Å². The van der Waals surface area contributed by atoms with E-state index in [0.717, 1.165) is 6.20 Å². The molecule has 0 saturated carbocycles. The van der Waals surface area contributed by atoms with Crippen LogP contribution in [0, 0.1) is 0 Å². The van der Waals surface area contributed by atoms with E-state index in [1.54, 1.807) is 0 Å². The average molecular weight is 384 g/mol. The molecule has 3 aromatic rings. The average Bonchev–Trinajstić information content (AvgIpc) is 3.04. The summed E-state index contributed by atoms with van der Waals surface area (Å²) in [4.78, 5) is 86.1. The van der Waals surface area contributed by atoms with E-state index in [0.29, 0.717) is 9.13 Å². The lowest BCUT2D eigenvalue weighted by Crippen LogP contribution is -2.29. The lowest BCUT2D eigenvalue weighted by molar-refractivity contribution is -0.139. The van der Waals surface area contributed by atoms with Gasteiger partial charge in [-0.1, -0.05) is 13.2 Å². The van der Waals surface area contributed by atoms with Crippen LogP contribution >= 0.6 is 0 Å². The third-order valence-electron chi connectivity index (χ3n) is 4.27.